The molecule has 8 nitrogen and oxygen atoms in total. The first kappa shape index (κ1) is 22.1. The summed E-state index contributed by atoms with van der Waals surface area (Å²) in [7, 11) is 0. The van der Waals surface area contributed by atoms with Crippen molar-refractivity contribution < 1.29 is 24.4 Å². The number of amides is 4. The molecule has 2 aliphatic rings. The molecule has 6 rings (SSSR count). The number of carbonyl (C=O) groups is 4. The standard InChI is InChI=1S/C28H21N3O5/c32-25-15-23(27(34)29(25)21-13-5-9-17-7-1-3-11-19(17)21)31(36)24-16-26(33)30(28(24)35)22-14-6-10-18-8-2-4-12-20(18)22/h1-14,23-24,36H,15-16H2/t23-,24+. The second-order valence-electron chi connectivity index (χ2n) is 8.95. The molecule has 2 saturated heterocycles. The molecular formula is C28H21N3O5. The van der Waals surface area contributed by atoms with E-state index in [4.69, 9.17) is 0 Å². The summed E-state index contributed by atoms with van der Waals surface area (Å²) in [4.78, 5) is 54.7. The van der Waals surface area contributed by atoms with Crippen molar-refractivity contribution in [2.45, 2.75) is 24.9 Å². The normalized spacial score (nSPS) is 20.5. The van der Waals surface area contributed by atoms with Crippen LogP contribution in [0.15, 0.2) is 84.9 Å². The lowest BCUT2D eigenvalue weighted by Crippen LogP contribution is -2.49. The van der Waals surface area contributed by atoms with E-state index in [0.717, 1.165) is 31.3 Å². The first-order chi connectivity index (χ1) is 17.5. The van der Waals surface area contributed by atoms with Crippen LogP contribution >= 0.6 is 0 Å². The average molecular weight is 479 g/mol. The largest absolute Gasteiger partial charge is 0.312 e. The van der Waals surface area contributed by atoms with Crippen LogP contribution in [-0.2, 0) is 19.2 Å². The zero-order chi connectivity index (χ0) is 25.0. The Labute approximate surface area is 205 Å². The molecule has 0 aromatic heterocycles. The minimum Gasteiger partial charge on any atom is -0.312 e. The number of hydrogen-bond donors (Lipinski definition) is 1. The number of fused-ring (bicyclic) bond motifs is 2. The van der Waals surface area contributed by atoms with E-state index >= 15 is 0 Å². The van der Waals surface area contributed by atoms with Gasteiger partial charge >= 0.3 is 0 Å². The zero-order valence-electron chi connectivity index (χ0n) is 19.1. The number of hydrogen-bond acceptors (Lipinski definition) is 6. The third kappa shape index (κ3) is 3.30. The van der Waals surface area contributed by atoms with E-state index in [1.165, 1.54) is 0 Å². The number of imide groups is 2. The van der Waals surface area contributed by atoms with E-state index < -0.39 is 35.7 Å². The van der Waals surface area contributed by atoms with E-state index in [2.05, 4.69) is 0 Å². The minimum atomic E-state index is -1.27. The third-order valence-corrected chi connectivity index (χ3v) is 6.90. The van der Waals surface area contributed by atoms with Gasteiger partial charge in [-0.15, -0.1) is 0 Å². The molecule has 2 heterocycles. The molecule has 4 aromatic rings. The quantitative estimate of drug-likeness (QED) is 0.355. The van der Waals surface area contributed by atoms with Gasteiger partial charge in [0.2, 0.25) is 11.8 Å². The summed E-state index contributed by atoms with van der Waals surface area (Å²) in [5.41, 5.74) is 0.843. The number of carbonyl (C=O) groups excluding carboxylic acids is 4. The Balaban J connectivity index is 1.30. The van der Waals surface area contributed by atoms with E-state index in [9.17, 15) is 24.4 Å². The number of nitrogens with zero attached hydrogens (tertiary/aromatic N) is 3. The highest BCUT2D eigenvalue weighted by molar-refractivity contribution is 6.27. The van der Waals surface area contributed by atoms with E-state index in [1.54, 1.807) is 24.3 Å². The van der Waals surface area contributed by atoms with E-state index in [0.29, 0.717) is 16.4 Å². The molecule has 2 aliphatic heterocycles. The molecule has 2 fully saturated rings. The fourth-order valence-corrected chi connectivity index (χ4v) is 5.18. The molecule has 2 atom stereocenters. The second kappa shape index (κ2) is 8.37. The molecule has 0 radical (unpaired) electrons. The minimum absolute atomic E-state index is 0.301. The van der Waals surface area contributed by atoms with Gasteiger partial charge in [-0.3, -0.25) is 19.2 Å². The maximum absolute atomic E-state index is 13.4. The maximum Gasteiger partial charge on any atom is 0.254 e. The summed E-state index contributed by atoms with van der Waals surface area (Å²) in [6.07, 6.45) is -0.602. The van der Waals surface area contributed by atoms with Crippen molar-refractivity contribution in [3.8, 4) is 0 Å². The summed E-state index contributed by atoms with van der Waals surface area (Å²) in [5, 5.41) is 14.8. The highest BCUT2D eigenvalue weighted by Crippen LogP contribution is 2.35. The van der Waals surface area contributed by atoms with E-state index in [-0.39, 0.29) is 12.8 Å². The van der Waals surface area contributed by atoms with Crippen molar-refractivity contribution in [2.75, 3.05) is 9.80 Å². The van der Waals surface area contributed by atoms with Crippen molar-refractivity contribution in [3.63, 3.8) is 0 Å². The first-order valence-corrected chi connectivity index (χ1v) is 11.6. The van der Waals surface area contributed by atoms with Gasteiger partial charge in [0.15, 0.2) is 0 Å². The van der Waals surface area contributed by atoms with E-state index in [1.807, 2.05) is 60.7 Å². The SMILES string of the molecule is O=C1C[C@@H](N(O)[C@H]2CC(=O)N(c3cccc4ccccc34)C2=O)C(=O)N1c1cccc2ccccc12. The summed E-state index contributed by atoms with van der Waals surface area (Å²) < 4.78 is 0. The molecule has 0 aliphatic carbocycles. The van der Waals surface area contributed by atoms with Gasteiger partial charge in [0.25, 0.3) is 11.8 Å². The lowest BCUT2D eigenvalue weighted by molar-refractivity contribution is -0.172. The molecule has 1 N–H and O–H groups in total. The van der Waals surface area contributed by atoms with Crippen LogP contribution in [0.2, 0.25) is 0 Å². The Morgan fingerprint density at radius 3 is 1.42 bits per heavy atom. The van der Waals surface area contributed by atoms with Gasteiger partial charge in [-0.05, 0) is 22.9 Å². The van der Waals surface area contributed by atoms with Crippen LogP contribution in [0.25, 0.3) is 21.5 Å². The van der Waals surface area contributed by atoms with Crippen LogP contribution in [0.4, 0.5) is 11.4 Å². The van der Waals surface area contributed by atoms with Crippen molar-refractivity contribution >= 4 is 56.5 Å². The number of anilines is 2. The molecule has 178 valence electrons. The predicted molar refractivity (Wildman–Crippen MR) is 133 cm³/mol. The molecule has 0 saturated carbocycles. The third-order valence-electron chi connectivity index (χ3n) is 6.90. The Kier molecular flexibility index (Phi) is 5.13. The summed E-state index contributed by atoms with van der Waals surface area (Å²) >= 11 is 0. The topological polar surface area (TPSA) is 98.2 Å². The van der Waals surface area contributed by atoms with Gasteiger partial charge in [-0.2, -0.15) is 5.06 Å². The molecule has 36 heavy (non-hydrogen) atoms. The lowest BCUT2D eigenvalue weighted by atomic mass is 10.1. The lowest BCUT2D eigenvalue weighted by Gasteiger charge is -2.25. The Morgan fingerprint density at radius 2 is 0.972 bits per heavy atom. The van der Waals surface area contributed by atoms with Crippen LogP contribution in [0, 0.1) is 0 Å². The molecule has 8 heteroatoms. The van der Waals surface area contributed by atoms with Crippen LogP contribution in [0.3, 0.4) is 0 Å². The fraction of sp³-hybridized carbons (Fsp3) is 0.143. The zero-order valence-corrected chi connectivity index (χ0v) is 19.1. The first-order valence-electron chi connectivity index (χ1n) is 11.6. The van der Waals surface area contributed by atoms with Crippen molar-refractivity contribution in [3.05, 3.63) is 84.9 Å². The van der Waals surface area contributed by atoms with Crippen LogP contribution < -0.4 is 9.80 Å². The summed E-state index contributed by atoms with van der Waals surface area (Å²) in [6.45, 7) is 0. The average Bonchev–Trinajstić information content (AvgIpc) is 3.36. The Morgan fingerprint density at radius 1 is 0.583 bits per heavy atom. The smallest absolute Gasteiger partial charge is 0.254 e. The molecule has 0 spiro atoms. The van der Waals surface area contributed by atoms with Gasteiger partial charge in [0.05, 0.1) is 24.2 Å². The van der Waals surface area contributed by atoms with Gasteiger partial charge in [0.1, 0.15) is 12.1 Å². The fourth-order valence-electron chi connectivity index (χ4n) is 5.18. The van der Waals surface area contributed by atoms with Crippen LogP contribution in [-0.4, -0.2) is 46.0 Å². The molecule has 4 amide bonds. The highest BCUT2D eigenvalue weighted by Gasteiger charge is 2.51. The predicted octanol–water partition coefficient (Wildman–Crippen LogP) is 3.65. The monoisotopic (exact) mass is 479 g/mol. The van der Waals surface area contributed by atoms with Gasteiger partial charge in [-0.25, -0.2) is 9.80 Å². The number of rotatable bonds is 4. The summed E-state index contributed by atoms with van der Waals surface area (Å²) in [5.74, 6) is -2.24. The van der Waals surface area contributed by atoms with Crippen LogP contribution in [0.1, 0.15) is 12.8 Å². The molecule has 4 aromatic carbocycles. The second-order valence-corrected chi connectivity index (χ2v) is 8.95. The van der Waals surface area contributed by atoms with Gasteiger partial charge < -0.3 is 5.21 Å². The van der Waals surface area contributed by atoms with Gasteiger partial charge in [-0.1, -0.05) is 72.8 Å². The molecule has 0 bridgehead atoms. The number of benzene rings is 4. The van der Waals surface area contributed by atoms with Crippen LogP contribution in [0.5, 0.6) is 0 Å². The Bertz CT molecular complexity index is 1450. The van der Waals surface area contributed by atoms with Crippen molar-refractivity contribution in [1.82, 2.24) is 5.06 Å². The van der Waals surface area contributed by atoms with Gasteiger partial charge in [0, 0.05) is 10.8 Å². The number of hydroxylamine groups is 2. The highest BCUT2D eigenvalue weighted by atomic mass is 16.5. The summed E-state index contributed by atoms with van der Waals surface area (Å²) in [6, 6.07) is 22.8. The molecule has 0 unspecified atom stereocenters. The maximum atomic E-state index is 13.4. The van der Waals surface area contributed by atoms with Crippen molar-refractivity contribution in [1.29, 1.82) is 0 Å². The van der Waals surface area contributed by atoms with Crippen molar-refractivity contribution in [2.24, 2.45) is 0 Å². The Hall–Kier alpha value is -4.40. The molecular weight excluding hydrogens is 458 g/mol.